The van der Waals surface area contributed by atoms with Crippen molar-refractivity contribution in [3.63, 3.8) is 0 Å². The zero-order valence-electron chi connectivity index (χ0n) is 12.7. The molecule has 4 heteroatoms. The van der Waals surface area contributed by atoms with Crippen molar-refractivity contribution in [1.82, 2.24) is 10.3 Å². The third kappa shape index (κ3) is 4.08. The average molecular weight is 288 g/mol. The summed E-state index contributed by atoms with van der Waals surface area (Å²) in [6, 6.07) is 8.22. The maximum Gasteiger partial charge on any atom is 0.220 e. The molecule has 0 radical (unpaired) electrons. The van der Waals surface area contributed by atoms with Gasteiger partial charge in [0.25, 0.3) is 0 Å². The number of fused-ring (bicyclic) bond motifs is 1. The second kappa shape index (κ2) is 7.27. The molecule has 0 fully saturated rings. The Labute approximate surface area is 125 Å². The van der Waals surface area contributed by atoms with Crippen LogP contribution in [0.1, 0.15) is 32.3 Å². The smallest absolute Gasteiger partial charge is 0.220 e. The van der Waals surface area contributed by atoms with Crippen molar-refractivity contribution in [3.8, 4) is 0 Å². The fraction of sp³-hybridized carbons (Fsp3) is 0.471. The Balaban J connectivity index is 1.80. The van der Waals surface area contributed by atoms with Gasteiger partial charge in [-0.2, -0.15) is 0 Å². The Morgan fingerprint density at radius 2 is 2.10 bits per heavy atom. The van der Waals surface area contributed by atoms with Crippen LogP contribution in [0.3, 0.4) is 0 Å². The van der Waals surface area contributed by atoms with Gasteiger partial charge >= 0.3 is 0 Å². The molecule has 0 spiro atoms. The highest BCUT2D eigenvalue weighted by molar-refractivity contribution is 5.83. The molecule has 0 saturated heterocycles. The molecular weight excluding hydrogens is 264 g/mol. The number of hydrogen-bond donors (Lipinski definition) is 3. The highest BCUT2D eigenvalue weighted by atomic mass is 16.3. The molecule has 1 aromatic heterocycles. The molecule has 1 amide bonds. The average Bonchev–Trinajstić information content (AvgIpc) is 2.90. The van der Waals surface area contributed by atoms with Crippen molar-refractivity contribution >= 4 is 16.8 Å². The van der Waals surface area contributed by atoms with Crippen molar-refractivity contribution in [2.24, 2.45) is 5.92 Å². The molecular formula is C17H24N2O2. The highest BCUT2D eigenvalue weighted by Gasteiger charge is 2.13. The van der Waals surface area contributed by atoms with Crippen LogP contribution < -0.4 is 5.32 Å². The molecule has 114 valence electrons. The van der Waals surface area contributed by atoms with Crippen LogP contribution in [0, 0.1) is 5.92 Å². The van der Waals surface area contributed by atoms with Crippen molar-refractivity contribution in [1.29, 1.82) is 0 Å². The third-order valence-corrected chi connectivity index (χ3v) is 4.06. The molecule has 21 heavy (non-hydrogen) atoms. The molecule has 0 bridgehead atoms. The van der Waals surface area contributed by atoms with Gasteiger partial charge in [0.05, 0.1) is 0 Å². The van der Waals surface area contributed by atoms with Gasteiger partial charge < -0.3 is 15.4 Å². The number of aliphatic hydroxyl groups is 1. The summed E-state index contributed by atoms with van der Waals surface area (Å²) < 4.78 is 0. The van der Waals surface area contributed by atoms with E-state index in [1.165, 1.54) is 10.9 Å². The van der Waals surface area contributed by atoms with Gasteiger partial charge in [0.15, 0.2) is 0 Å². The number of aryl methyl sites for hydroxylation is 1. The van der Waals surface area contributed by atoms with E-state index < -0.39 is 0 Å². The lowest BCUT2D eigenvalue weighted by atomic mass is 10.0. The van der Waals surface area contributed by atoms with Gasteiger partial charge in [-0.25, -0.2) is 0 Å². The second-order valence-corrected chi connectivity index (χ2v) is 5.73. The fourth-order valence-electron chi connectivity index (χ4n) is 2.40. The summed E-state index contributed by atoms with van der Waals surface area (Å²) in [4.78, 5) is 15.1. The Morgan fingerprint density at radius 3 is 2.86 bits per heavy atom. The summed E-state index contributed by atoms with van der Waals surface area (Å²) in [5.74, 6) is 0.144. The fourth-order valence-corrected chi connectivity index (χ4v) is 2.40. The lowest BCUT2D eigenvalue weighted by Gasteiger charge is -2.19. The minimum absolute atomic E-state index is 0.00980. The Kier molecular flexibility index (Phi) is 5.39. The van der Waals surface area contributed by atoms with Crippen molar-refractivity contribution < 1.29 is 9.90 Å². The zero-order valence-corrected chi connectivity index (χ0v) is 12.7. The molecule has 2 atom stereocenters. The maximum absolute atomic E-state index is 11.9. The van der Waals surface area contributed by atoms with Gasteiger partial charge in [0, 0.05) is 36.2 Å². The van der Waals surface area contributed by atoms with E-state index in [4.69, 9.17) is 5.11 Å². The summed E-state index contributed by atoms with van der Waals surface area (Å²) >= 11 is 0. The number of carbonyl (C=O) groups excluding carboxylic acids is 1. The molecule has 0 aliphatic rings. The normalized spacial score (nSPS) is 14.0. The Morgan fingerprint density at radius 1 is 1.33 bits per heavy atom. The van der Waals surface area contributed by atoms with Crippen molar-refractivity contribution in [2.45, 2.75) is 39.2 Å². The largest absolute Gasteiger partial charge is 0.396 e. The molecule has 0 saturated carbocycles. The summed E-state index contributed by atoms with van der Waals surface area (Å²) in [5, 5.41) is 13.2. The molecule has 4 nitrogen and oxygen atoms in total. The number of benzene rings is 1. The van der Waals surface area contributed by atoms with Crippen LogP contribution in [0.2, 0.25) is 0 Å². The third-order valence-electron chi connectivity index (χ3n) is 4.06. The first-order chi connectivity index (χ1) is 10.1. The summed E-state index contributed by atoms with van der Waals surface area (Å²) in [7, 11) is 0. The van der Waals surface area contributed by atoms with Crippen molar-refractivity contribution in [2.75, 3.05) is 6.61 Å². The predicted molar refractivity (Wildman–Crippen MR) is 85.1 cm³/mol. The van der Waals surface area contributed by atoms with Gasteiger partial charge in [0.2, 0.25) is 5.91 Å². The molecule has 2 unspecified atom stereocenters. The highest BCUT2D eigenvalue weighted by Crippen LogP contribution is 2.19. The lowest BCUT2D eigenvalue weighted by molar-refractivity contribution is -0.122. The molecule has 1 aromatic carbocycles. The van der Waals surface area contributed by atoms with E-state index in [9.17, 15) is 4.79 Å². The van der Waals surface area contributed by atoms with E-state index in [0.717, 1.165) is 18.4 Å². The van der Waals surface area contributed by atoms with E-state index in [2.05, 4.69) is 22.4 Å². The van der Waals surface area contributed by atoms with E-state index in [0.29, 0.717) is 6.42 Å². The summed E-state index contributed by atoms with van der Waals surface area (Å²) in [6.07, 6.45) is 4.26. The van der Waals surface area contributed by atoms with Crippen LogP contribution in [0.4, 0.5) is 0 Å². The van der Waals surface area contributed by atoms with Gasteiger partial charge in [-0.05, 0) is 37.3 Å². The monoisotopic (exact) mass is 288 g/mol. The van der Waals surface area contributed by atoms with Crippen LogP contribution >= 0.6 is 0 Å². The van der Waals surface area contributed by atoms with Crippen LogP contribution in [0.15, 0.2) is 30.5 Å². The molecule has 3 N–H and O–H groups in total. The number of amides is 1. The quantitative estimate of drug-likeness (QED) is 0.733. The van der Waals surface area contributed by atoms with Crippen LogP contribution in [0.25, 0.3) is 10.9 Å². The Hall–Kier alpha value is -1.81. The molecule has 2 aromatic rings. The SMILES string of the molecule is CC(CO)C(C)NC(=O)CCCc1c[nH]c2ccccc12. The number of aromatic nitrogens is 1. The number of H-pyrrole nitrogens is 1. The van der Waals surface area contributed by atoms with E-state index in [1.807, 2.05) is 32.2 Å². The predicted octanol–water partition coefficient (Wildman–Crippen LogP) is 2.62. The molecule has 0 aliphatic carbocycles. The van der Waals surface area contributed by atoms with Crippen LogP contribution in [-0.4, -0.2) is 28.6 Å². The first-order valence-electron chi connectivity index (χ1n) is 7.57. The van der Waals surface area contributed by atoms with Crippen LogP contribution in [0.5, 0.6) is 0 Å². The first kappa shape index (κ1) is 15.6. The molecule has 0 aliphatic heterocycles. The summed E-state index contributed by atoms with van der Waals surface area (Å²) in [6.45, 7) is 3.95. The number of rotatable bonds is 7. The van der Waals surface area contributed by atoms with Crippen LogP contribution in [-0.2, 0) is 11.2 Å². The lowest BCUT2D eigenvalue weighted by Crippen LogP contribution is -2.38. The minimum atomic E-state index is 0.00980. The van der Waals surface area contributed by atoms with E-state index >= 15 is 0 Å². The minimum Gasteiger partial charge on any atom is -0.396 e. The molecule has 2 rings (SSSR count). The Bertz CT molecular complexity index is 591. The first-order valence-corrected chi connectivity index (χ1v) is 7.57. The summed E-state index contributed by atoms with van der Waals surface area (Å²) in [5.41, 5.74) is 2.40. The van der Waals surface area contributed by atoms with Crippen molar-refractivity contribution in [3.05, 3.63) is 36.0 Å². The standard InChI is InChI=1S/C17H24N2O2/c1-12(11-20)13(2)19-17(21)9-5-6-14-10-18-16-8-4-3-7-15(14)16/h3-4,7-8,10,12-13,18,20H,5-6,9,11H2,1-2H3,(H,19,21). The molecule has 1 heterocycles. The number of aromatic amines is 1. The number of carbonyl (C=O) groups is 1. The number of hydrogen-bond acceptors (Lipinski definition) is 2. The topological polar surface area (TPSA) is 65.1 Å². The van der Waals surface area contributed by atoms with Gasteiger partial charge in [-0.3, -0.25) is 4.79 Å². The zero-order chi connectivity index (χ0) is 15.2. The number of para-hydroxylation sites is 1. The van der Waals surface area contributed by atoms with Gasteiger partial charge in [-0.1, -0.05) is 25.1 Å². The maximum atomic E-state index is 11.9. The number of nitrogens with one attached hydrogen (secondary N) is 2. The second-order valence-electron chi connectivity index (χ2n) is 5.73. The number of aliphatic hydroxyl groups excluding tert-OH is 1. The van der Waals surface area contributed by atoms with Gasteiger partial charge in [0.1, 0.15) is 0 Å². The van der Waals surface area contributed by atoms with Gasteiger partial charge in [-0.15, -0.1) is 0 Å². The van der Waals surface area contributed by atoms with E-state index in [1.54, 1.807) is 0 Å². The van der Waals surface area contributed by atoms with E-state index in [-0.39, 0.29) is 24.5 Å².